The lowest BCUT2D eigenvalue weighted by atomic mass is 10.1. The number of ether oxygens (including phenoxy) is 1. The van der Waals surface area contributed by atoms with Gasteiger partial charge in [0.2, 0.25) is 0 Å². The first-order chi connectivity index (χ1) is 10.4. The van der Waals surface area contributed by atoms with Gasteiger partial charge in [0.25, 0.3) is 11.7 Å². The number of rotatable bonds is 5. The number of esters is 1. The third kappa shape index (κ3) is 3.73. The molecule has 1 aromatic carbocycles. The minimum atomic E-state index is -0.846. The molecule has 6 nitrogen and oxygen atoms in total. The van der Waals surface area contributed by atoms with E-state index in [1.165, 1.54) is 6.20 Å². The van der Waals surface area contributed by atoms with Gasteiger partial charge in [-0.3, -0.25) is 14.4 Å². The van der Waals surface area contributed by atoms with E-state index in [1.54, 1.807) is 26.0 Å². The van der Waals surface area contributed by atoms with Gasteiger partial charge >= 0.3 is 5.97 Å². The number of aromatic amines is 1. The molecule has 0 aliphatic carbocycles. The van der Waals surface area contributed by atoms with Crippen LogP contribution in [-0.2, 0) is 14.3 Å². The normalized spacial score (nSPS) is 10.7. The Morgan fingerprint density at radius 3 is 2.73 bits per heavy atom. The average Bonchev–Trinajstić information content (AvgIpc) is 2.86. The fourth-order valence-electron chi connectivity index (χ4n) is 1.94. The van der Waals surface area contributed by atoms with Crippen LogP contribution < -0.4 is 5.32 Å². The monoisotopic (exact) mass is 366 g/mol. The summed E-state index contributed by atoms with van der Waals surface area (Å²) >= 11 is 3.32. The quantitative estimate of drug-likeness (QED) is 0.482. The highest BCUT2D eigenvalue weighted by Gasteiger charge is 2.21. The van der Waals surface area contributed by atoms with Gasteiger partial charge < -0.3 is 15.0 Å². The van der Waals surface area contributed by atoms with Gasteiger partial charge in [-0.25, -0.2) is 0 Å². The van der Waals surface area contributed by atoms with Gasteiger partial charge in [0.1, 0.15) is 6.54 Å². The lowest BCUT2D eigenvalue weighted by Crippen LogP contribution is -2.36. The zero-order valence-electron chi connectivity index (χ0n) is 12.1. The minimum absolute atomic E-state index is 0.256. The molecule has 0 unspecified atom stereocenters. The standard InChI is InChI=1S/C15H15BrN2O4/c1-8(2)22-13(19)7-18-15(21)14(20)11-6-17-12-4-3-9(16)5-10(11)12/h3-6,8,17H,7H2,1-2H3,(H,18,21). The maximum atomic E-state index is 12.2. The average molecular weight is 367 g/mol. The summed E-state index contributed by atoms with van der Waals surface area (Å²) in [5.74, 6) is -2.14. The highest BCUT2D eigenvalue weighted by molar-refractivity contribution is 9.10. The van der Waals surface area contributed by atoms with Crippen LogP contribution in [0.4, 0.5) is 0 Å². The summed E-state index contributed by atoms with van der Waals surface area (Å²) in [4.78, 5) is 38.3. The Bertz CT molecular complexity index is 736. The number of ketones is 1. The Morgan fingerprint density at radius 1 is 1.32 bits per heavy atom. The lowest BCUT2D eigenvalue weighted by Gasteiger charge is -2.08. The summed E-state index contributed by atoms with van der Waals surface area (Å²) in [7, 11) is 0. The van der Waals surface area contributed by atoms with Gasteiger partial charge in [-0.1, -0.05) is 15.9 Å². The van der Waals surface area contributed by atoms with E-state index in [9.17, 15) is 14.4 Å². The maximum absolute atomic E-state index is 12.2. The number of carbonyl (C=O) groups is 3. The van der Waals surface area contributed by atoms with Crippen molar-refractivity contribution >= 4 is 44.5 Å². The number of aromatic nitrogens is 1. The van der Waals surface area contributed by atoms with Crippen molar-refractivity contribution in [3.63, 3.8) is 0 Å². The molecule has 1 amide bonds. The topological polar surface area (TPSA) is 88.3 Å². The summed E-state index contributed by atoms with van der Waals surface area (Å²) in [6.07, 6.45) is 1.21. The number of halogens is 1. The molecule has 0 atom stereocenters. The van der Waals surface area contributed by atoms with Crippen LogP contribution >= 0.6 is 15.9 Å². The number of hydrogen-bond donors (Lipinski definition) is 2. The fraction of sp³-hybridized carbons (Fsp3) is 0.267. The van der Waals surface area contributed by atoms with Gasteiger partial charge in [0.15, 0.2) is 0 Å². The molecule has 116 valence electrons. The molecule has 0 saturated heterocycles. The summed E-state index contributed by atoms with van der Waals surface area (Å²) in [5.41, 5.74) is 1.00. The summed E-state index contributed by atoms with van der Waals surface area (Å²) < 4.78 is 5.68. The van der Waals surface area contributed by atoms with Gasteiger partial charge in [-0.05, 0) is 32.0 Å². The van der Waals surface area contributed by atoms with Crippen LogP contribution in [-0.4, -0.2) is 35.3 Å². The second-order valence-corrected chi connectivity index (χ2v) is 5.86. The van der Waals surface area contributed by atoms with Gasteiger partial charge in [0.05, 0.1) is 11.7 Å². The molecule has 0 radical (unpaired) electrons. The first-order valence-electron chi connectivity index (χ1n) is 6.67. The van der Waals surface area contributed by atoms with Crippen molar-refractivity contribution in [1.29, 1.82) is 0 Å². The van der Waals surface area contributed by atoms with E-state index in [1.807, 2.05) is 6.07 Å². The molecule has 0 spiro atoms. The Labute approximate surface area is 135 Å². The number of Topliss-reactive ketones (excluding diaryl/α,β-unsaturated/α-hetero) is 1. The summed E-state index contributed by atoms with van der Waals surface area (Å²) in [6.45, 7) is 3.07. The number of hydrogen-bond acceptors (Lipinski definition) is 4. The van der Waals surface area contributed by atoms with Crippen LogP contribution in [0, 0.1) is 0 Å². The molecular formula is C15H15BrN2O4. The number of amides is 1. The molecule has 0 aliphatic rings. The Kier molecular flexibility index (Phi) is 4.97. The Morgan fingerprint density at radius 2 is 2.05 bits per heavy atom. The molecule has 22 heavy (non-hydrogen) atoms. The van der Waals surface area contributed by atoms with Crippen LogP contribution in [0.25, 0.3) is 10.9 Å². The van der Waals surface area contributed by atoms with Crippen LogP contribution in [0.15, 0.2) is 28.9 Å². The molecule has 0 fully saturated rings. The second kappa shape index (κ2) is 6.74. The SMILES string of the molecule is CC(C)OC(=O)CNC(=O)C(=O)c1c[nH]c2ccc(Br)cc12. The van der Waals surface area contributed by atoms with E-state index < -0.39 is 17.7 Å². The minimum Gasteiger partial charge on any atom is -0.462 e. The largest absolute Gasteiger partial charge is 0.462 e. The Hall–Kier alpha value is -2.15. The predicted molar refractivity (Wildman–Crippen MR) is 84.6 cm³/mol. The van der Waals surface area contributed by atoms with Crippen molar-refractivity contribution in [2.45, 2.75) is 20.0 Å². The van der Waals surface area contributed by atoms with E-state index in [-0.39, 0.29) is 18.2 Å². The smallest absolute Gasteiger partial charge is 0.325 e. The number of H-pyrrole nitrogens is 1. The lowest BCUT2D eigenvalue weighted by molar-refractivity contribution is -0.147. The molecule has 0 aliphatic heterocycles. The molecule has 1 heterocycles. The molecule has 2 rings (SSSR count). The van der Waals surface area contributed by atoms with E-state index in [4.69, 9.17) is 4.74 Å². The molecular weight excluding hydrogens is 352 g/mol. The third-order valence-corrected chi connectivity index (χ3v) is 3.35. The van der Waals surface area contributed by atoms with E-state index in [2.05, 4.69) is 26.2 Å². The van der Waals surface area contributed by atoms with Crippen LogP contribution in [0.1, 0.15) is 24.2 Å². The molecule has 0 saturated carbocycles. The van der Waals surface area contributed by atoms with Crippen molar-refractivity contribution in [1.82, 2.24) is 10.3 Å². The van der Waals surface area contributed by atoms with Crippen molar-refractivity contribution < 1.29 is 19.1 Å². The maximum Gasteiger partial charge on any atom is 0.325 e. The number of carbonyl (C=O) groups excluding carboxylic acids is 3. The van der Waals surface area contributed by atoms with Crippen LogP contribution in [0.5, 0.6) is 0 Å². The van der Waals surface area contributed by atoms with Crippen LogP contribution in [0.3, 0.4) is 0 Å². The van der Waals surface area contributed by atoms with E-state index >= 15 is 0 Å². The number of fused-ring (bicyclic) bond motifs is 1. The molecule has 0 bridgehead atoms. The van der Waals surface area contributed by atoms with Crippen molar-refractivity contribution in [3.8, 4) is 0 Å². The molecule has 1 aromatic heterocycles. The fourth-order valence-corrected chi connectivity index (χ4v) is 2.30. The van der Waals surface area contributed by atoms with Crippen molar-refractivity contribution in [2.75, 3.05) is 6.54 Å². The first kappa shape index (κ1) is 16.2. The molecule has 2 aromatic rings. The Balaban J connectivity index is 2.08. The third-order valence-electron chi connectivity index (χ3n) is 2.86. The van der Waals surface area contributed by atoms with E-state index in [0.717, 1.165) is 9.99 Å². The number of nitrogens with one attached hydrogen (secondary N) is 2. The van der Waals surface area contributed by atoms with Gasteiger partial charge in [-0.15, -0.1) is 0 Å². The van der Waals surface area contributed by atoms with Gasteiger partial charge in [-0.2, -0.15) is 0 Å². The first-order valence-corrected chi connectivity index (χ1v) is 7.46. The van der Waals surface area contributed by atoms with Gasteiger partial charge in [0, 0.05) is 21.6 Å². The zero-order chi connectivity index (χ0) is 16.3. The summed E-state index contributed by atoms with van der Waals surface area (Å²) in [5, 5.41) is 2.90. The molecule has 2 N–H and O–H groups in total. The van der Waals surface area contributed by atoms with Crippen molar-refractivity contribution in [2.24, 2.45) is 0 Å². The number of benzene rings is 1. The molecule has 7 heteroatoms. The van der Waals surface area contributed by atoms with E-state index in [0.29, 0.717) is 5.39 Å². The second-order valence-electron chi connectivity index (χ2n) is 4.94. The zero-order valence-corrected chi connectivity index (χ0v) is 13.7. The highest BCUT2D eigenvalue weighted by atomic mass is 79.9. The summed E-state index contributed by atoms with van der Waals surface area (Å²) in [6, 6.07) is 5.38. The van der Waals surface area contributed by atoms with Crippen LogP contribution in [0.2, 0.25) is 0 Å². The predicted octanol–water partition coefficient (Wildman–Crippen LogP) is 2.18. The highest BCUT2D eigenvalue weighted by Crippen LogP contribution is 2.23. The van der Waals surface area contributed by atoms with Crippen molar-refractivity contribution in [3.05, 3.63) is 34.4 Å².